The number of carbonyl (C=O) groups is 1. The van der Waals surface area contributed by atoms with Crippen molar-refractivity contribution in [3.05, 3.63) is 45.7 Å². The Balaban J connectivity index is 2.50. The molecule has 2 aromatic rings. The normalized spacial score (nSPS) is 10.7. The Morgan fingerprint density at radius 1 is 1.47 bits per heavy atom. The summed E-state index contributed by atoms with van der Waals surface area (Å²) in [4.78, 5) is 11.1. The number of nitrogens with zero attached hydrogens (tertiary/aromatic N) is 2. The van der Waals surface area contributed by atoms with E-state index in [1.165, 1.54) is 4.68 Å². The van der Waals surface area contributed by atoms with Gasteiger partial charge in [-0.15, -0.1) is 0 Å². The van der Waals surface area contributed by atoms with E-state index in [0.29, 0.717) is 5.56 Å². The third kappa shape index (κ3) is 2.85. The highest BCUT2D eigenvalue weighted by molar-refractivity contribution is 9.10. The summed E-state index contributed by atoms with van der Waals surface area (Å²) in [5, 5.41) is 22.1. The van der Waals surface area contributed by atoms with Crippen molar-refractivity contribution in [2.45, 2.75) is 13.3 Å². The molecule has 100 valence electrons. The van der Waals surface area contributed by atoms with Gasteiger partial charge in [0.1, 0.15) is 0 Å². The highest BCUT2D eigenvalue weighted by Crippen LogP contribution is 2.20. The Morgan fingerprint density at radius 2 is 2.21 bits per heavy atom. The lowest BCUT2D eigenvalue weighted by molar-refractivity contribution is 0.0688. The van der Waals surface area contributed by atoms with Gasteiger partial charge in [-0.05, 0) is 37.1 Å². The number of aliphatic hydroxyl groups is 1. The molecule has 0 spiro atoms. The van der Waals surface area contributed by atoms with Gasteiger partial charge in [0.25, 0.3) is 0 Å². The molecular formula is C13H13BrN2O3. The van der Waals surface area contributed by atoms with Crippen LogP contribution in [0.15, 0.2) is 28.9 Å². The second-order valence-electron chi connectivity index (χ2n) is 4.16. The molecule has 0 aliphatic rings. The van der Waals surface area contributed by atoms with Gasteiger partial charge in [0.05, 0.1) is 5.69 Å². The van der Waals surface area contributed by atoms with E-state index in [9.17, 15) is 4.79 Å². The minimum Gasteiger partial charge on any atom is -0.476 e. The number of benzene rings is 1. The quantitative estimate of drug-likeness (QED) is 0.903. The van der Waals surface area contributed by atoms with Crippen LogP contribution in [-0.2, 0) is 6.42 Å². The fourth-order valence-corrected chi connectivity index (χ4v) is 2.37. The van der Waals surface area contributed by atoms with Gasteiger partial charge in [0.2, 0.25) is 0 Å². The van der Waals surface area contributed by atoms with Gasteiger partial charge < -0.3 is 10.2 Å². The number of aromatic nitrogens is 2. The van der Waals surface area contributed by atoms with Crippen molar-refractivity contribution in [1.82, 2.24) is 9.78 Å². The van der Waals surface area contributed by atoms with Gasteiger partial charge in [-0.3, -0.25) is 0 Å². The van der Waals surface area contributed by atoms with Crippen LogP contribution < -0.4 is 0 Å². The van der Waals surface area contributed by atoms with Crippen LogP contribution >= 0.6 is 15.9 Å². The van der Waals surface area contributed by atoms with Crippen molar-refractivity contribution in [3.63, 3.8) is 0 Å². The standard InChI is InChI=1S/C13H13BrN2O3/c1-8-6-10(14)2-3-11(8)16-7-9(4-5-17)12(15-16)13(18)19/h2-3,6-7,17H,4-5H2,1H3,(H,18,19). The van der Waals surface area contributed by atoms with E-state index >= 15 is 0 Å². The molecule has 0 atom stereocenters. The van der Waals surface area contributed by atoms with Gasteiger partial charge in [-0.25, -0.2) is 9.48 Å². The molecule has 6 heteroatoms. The number of hydrogen-bond donors (Lipinski definition) is 2. The Morgan fingerprint density at radius 3 is 2.79 bits per heavy atom. The minimum atomic E-state index is -1.09. The average Bonchev–Trinajstić information content (AvgIpc) is 2.73. The lowest BCUT2D eigenvalue weighted by atomic mass is 10.2. The first-order valence-corrected chi connectivity index (χ1v) is 6.51. The van der Waals surface area contributed by atoms with Crippen LogP contribution in [0.1, 0.15) is 21.6 Å². The van der Waals surface area contributed by atoms with Crippen LogP contribution in [-0.4, -0.2) is 32.6 Å². The van der Waals surface area contributed by atoms with E-state index in [-0.39, 0.29) is 18.7 Å². The van der Waals surface area contributed by atoms with Crippen LogP contribution in [0.3, 0.4) is 0 Å². The summed E-state index contributed by atoms with van der Waals surface area (Å²) in [5.41, 5.74) is 2.30. The second kappa shape index (κ2) is 5.54. The Labute approximate surface area is 118 Å². The molecule has 2 rings (SSSR count). The highest BCUT2D eigenvalue weighted by atomic mass is 79.9. The van der Waals surface area contributed by atoms with Crippen LogP contribution in [0.25, 0.3) is 5.69 Å². The number of carboxylic acid groups (broad SMARTS) is 1. The zero-order valence-electron chi connectivity index (χ0n) is 10.3. The molecule has 1 aromatic carbocycles. The predicted molar refractivity (Wildman–Crippen MR) is 73.8 cm³/mol. The Hall–Kier alpha value is -1.66. The maximum absolute atomic E-state index is 11.1. The number of carboxylic acids is 1. The molecule has 2 N–H and O–H groups in total. The lowest BCUT2D eigenvalue weighted by Gasteiger charge is -2.05. The largest absolute Gasteiger partial charge is 0.476 e. The van der Waals surface area contributed by atoms with Crippen molar-refractivity contribution in [1.29, 1.82) is 0 Å². The molecule has 0 aliphatic heterocycles. The summed E-state index contributed by atoms with van der Waals surface area (Å²) >= 11 is 3.38. The molecule has 0 saturated carbocycles. The summed E-state index contributed by atoms with van der Waals surface area (Å²) in [5.74, 6) is -1.09. The summed E-state index contributed by atoms with van der Waals surface area (Å²) in [6, 6.07) is 5.67. The lowest BCUT2D eigenvalue weighted by Crippen LogP contribution is -2.04. The zero-order chi connectivity index (χ0) is 14.0. The van der Waals surface area contributed by atoms with Crippen LogP contribution in [0.5, 0.6) is 0 Å². The van der Waals surface area contributed by atoms with E-state index in [1.807, 2.05) is 25.1 Å². The summed E-state index contributed by atoms with van der Waals surface area (Å²) in [6.07, 6.45) is 1.92. The van der Waals surface area contributed by atoms with Crippen LogP contribution in [0.4, 0.5) is 0 Å². The number of aryl methyl sites for hydroxylation is 1. The number of rotatable bonds is 4. The van der Waals surface area contributed by atoms with E-state index in [0.717, 1.165) is 15.7 Å². The fraction of sp³-hybridized carbons (Fsp3) is 0.231. The summed E-state index contributed by atoms with van der Waals surface area (Å²) < 4.78 is 2.49. The molecule has 1 aromatic heterocycles. The van der Waals surface area contributed by atoms with Crippen molar-refractivity contribution < 1.29 is 15.0 Å². The molecule has 1 heterocycles. The van der Waals surface area contributed by atoms with Gasteiger partial charge in [0, 0.05) is 22.8 Å². The molecule has 0 bridgehead atoms. The van der Waals surface area contributed by atoms with Crippen LogP contribution in [0, 0.1) is 6.92 Å². The number of halogens is 1. The summed E-state index contributed by atoms with van der Waals surface area (Å²) in [6.45, 7) is 1.82. The SMILES string of the molecule is Cc1cc(Br)ccc1-n1cc(CCO)c(C(=O)O)n1. The molecule has 0 aliphatic carbocycles. The molecule has 0 amide bonds. The highest BCUT2D eigenvalue weighted by Gasteiger charge is 2.16. The van der Waals surface area contributed by atoms with E-state index in [4.69, 9.17) is 10.2 Å². The molecule has 0 unspecified atom stereocenters. The van der Waals surface area contributed by atoms with Crippen LogP contribution in [0.2, 0.25) is 0 Å². The topological polar surface area (TPSA) is 75.4 Å². The molecule has 19 heavy (non-hydrogen) atoms. The Bertz CT molecular complexity index is 622. The number of aliphatic hydroxyl groups excluding tert-OH is 1. The van der Waals surface area contributed by atoms with E-state index in [2.05, 4.69) is 21.0 Å². The molecule has 0 fully saturated rings. The Kier molecular flexibility index (Phi) is 4.01. The molecule has 0 radical (unpaired) electrons. The van der Waals surface area contributed by atoms with Crippen molar-refractivity contribution in [2.24, 2.45) is 0 Å². The third-order valence-electron chi connectivity index (χ3n) is 2.78. The minimum absolute atomic E-state index is 0.0173. The van der Waals surface area contributed by atoms with E-state index < -0.39 is 5.97 Å². The third-order valence-corrected chi connectivity index (χ3v) is 3.27. The molecule has 0 saturated heterocycles. The number of aromatic carboxylic acids is 1. The van der Waals surface area contributed by atoms with Crippen molar-refractivity contribution in [3.8, 4) is 5.69 Å². The monoisotopic (exact) mass is 324 g/mol. The first-order valence-electron chi connectivity index (χ1n) is 5.72. The van der Waals surface area contributed by atoms with Gasteiger partial charge in [-0.1, -0.05) is 15.9 Å². The van der Waals surface area contributed by atoms with Gasteiger partial charge >= 0.3 is 5.97 Å². The van der Waals surface area contributed by atoms with Gasteiger partial charge in [0.15, 0.2) is 5.69 Å². The smallest absolute Gasteiger partial charge is 0.356 e. The van der Waals surface area contributed by atoms with Crippen molar-refractivity contribution in [2.75, 3.05) is 6.61 Å². The first-order chi connectivity index (χ1) is 9.02. The zero-order valence-corrected chi connectivity index (χ0v) is 11.9. The average molecular weight is 325 g/mol. The summed E-state index contributed by atoms with van der Waals surface area (Å²) in [7, 11) is 0. The maximum Gasteiger partial charge on any atom is 0.356 e. The predicted octanol–water partition coefficient (Wildman–Crippen LogP) is 2.18. The second-order valence-corrected chi connectivity index (χ2v) is 5.07. The molecule has 5 nitrogen and oxygen atoms in total. The molecular weight excluding hydrogens is 312 g/mol. The first kappa shape index (κ1) is 13.8. The van der Waals surface area contributed by atoms with Gasteiger partial charge in [-0.2, -0.15) is 5.10 Å². The van der Waals surface area contributed by atoms with Crippen molar-refractivity contribution >= 4 is 21.9 Å². The number of hydrogen-bond acceptors (Lipinski definition) is 3. The van der Waals surface area contributed by atoms with E-state index in [1.54, 1.807) is 6.20 Å². The maximum atomic E-state index is 11.1. The fourth-order valence-electron chi connectivity index (χ4n) is 1.89.